The molecule has 0 unspecified atom stereocenters. The molecular weight excluding hydrogens is 370 g/mol. The number of rotatable bonds is 11. The van der Waals surface area contributed by atoms with Crippen LogP contribution in [0.3, 0.4) is 0 Å². The Morgan fingerprint density at radius 2 is 2.00 bits per heavy atom. The van der Waals surface area contributed by atoms with Gasteiger partial charge >= 0.3 is 0 Å². The molecule has 0 saturated heterocycles. The van der Waals surface area contributed by atoms with Gasteiger partial charge in [-0.1, -0.05) is 11.8 Å². The summed E-state index contributed by atoms with van der Waals surface area (Å²) in [6, 6.07) is 5.32. The lowest BCUT2D eigenvalue weighted by molar-refractivity contribution is -0.118. The van der Waals surface area contributed by atoms with Gasteiger partial charge in [0.25, 0.3) is 5.22 Å². The quantitative estimate of drug-likeness (QED) is 0.458. The Balaban J connectivity index is 1.81. The fourth-order valence-corrected chi connectivity index (χ4v) is 2.74. The zero-order valence-electron chi connectivity index (χ0n) is 16.0. The Morgan fingerprint density at radius 3 is 2.70 bits per heavy atom. The standard InChI is InChI=1S/C18H25N3O5S/c1-12(2)25-9-5-8-19-16(22)11-27-18-21-20-17(26-18)13-6-7-14(23-3)15(10-13)24-4/h6-7,10,12H,5,8-9,11H2,1-4H3,(H,19,22). The first-order valence-electron chi connectivity index (χ1n) is 8.60. The van der Waals surface area contributed by atoms with Crippen LogP contribution in [0.4, 0.5) is 0 Å². The second-order valence-electron chi connectivity index (χ2n) is 5.85. The molecule has 9 heteroatoms. The molecular formula is C18H25N3O5S. The SMILES string of the molecule is COc1ccc(-c2nnc(SCC(=O)NCCCOC(C)C)o2)cc1OC. The van der Waals surface area contributed by atoms with Crippen molar-refractivity contribution in [2.75, 3.05) is 33.1 Å². The topological polar surface area (TPSA) is 95.7 Å². The first-order chi connectivity index (χ1) is 13.0. The minimum atomic E-state index is -0.0876. The summed E-state index contributed by atoms with van der Waals surface area (Å²) in [4.78, 5) is 11.9. The molecule has 0 fully saturated rings. The highest BCUT2D eigenvalue weighted by atomic mass is 32.2. The third-order valence-corrected chi connectivity index (χ3v) is 4.28. The van der Waals surface area contributed by atoms with E-state index in [1.807, 2.05) is 13.8 Å². The number of carbonyl (C=O) groups is 1. The number of carbonyl (C=O) groups excluding carboxylic acids is 1. The summed E-state index contributed by atoms with van der Waals surface area (Å²) < 4.78 is 21.5. The number of hydrogen-bond acceptors (Lipinski definition) is 8. The van der Waals surface area contributed by atoms with Crippen LogP contribution >= 0.6 is 11.8 Å². The third-order valence-electron chi connectivity index (χ3n) is 3.46. The number of methoxy groups -OCH3 is 2. The number of aromatic nitrogens is 2. The van der Waals surface area contributed by atoms with E-state index in [4.69, 9.17) is 18.6 Å². The zero-order chi connectivity index (χ0) is 19.6. The highest BCUT2D eigenvalue weighted by Crippen LogP contribution is 2.32. The first kappa shape index (κ1) is 21.0. The molecule has 0 spiro atoms. The van der Waals surface area contributed by atoms with Crippen molar-refractivity contribution in [2.45, 2.75) is 31.6 Å². The van der Waals surface area contributed by atoms with Crippen molar-refractivity contribution >= 4 is 17.7 Å². The highest BCUT2D eigenvalue weighted by molar-refractivity contribution is 7.99. The Hall–Kier alpha value is -2.26. The molecule has 0 aliphatic rings. The van der Waals surface area contributed by atoms with Crippen molar-refractivity contribution in [2.24, 2.45) is 0 Å². The Bertz CT molecular complexity index is 736. The van der Waals surface area contributed by atoms with E-state index >= 15 is 0 Å². The van der Waals surface area contributed by atoms with Crippen LogP contribution in [0.5, 0.6) is 11.5 Å². The van der Waals surface area contributed by atoms with Gasteiger partial charge in [-0.15, -0.1) is 10.2 Å². The summed E-state index contributed by atoms with van der Waals surface area (Å²) in [5, 5.41) is 11.1. The molecule has 1 aromatic heterocycles. The number of nitrogens with zero attached hydrogens (tertiary/aromatic N) is 2. The van der Waals surface area contributed by atoms with E-state index in [1.54, 1.807) is 32.4 Å². The minimum absolute atomic E-state index is 0.0876. The molecule has 2 aromatic rings. The van der Waals surface area contributed by atoms with Gasteiger partial charge < -0.3 is 23.9 Å². The molecule has 0 radical (unpaired) electrons. The monoisotopic (exact) mass is 395 g/mol. The van der Waals surface area contributed by atoms with E-state index in [2.05, 4.69) is 15.5 Å². The number of ether oxygens (including phenoxy) is 3. The Morgan fingerprint density at radius 1 is 1.22 bits per heavy atom. The summed E-state index contributed by atoms with van der Waals surface area (Å²) in [7, 11) is 3.13. The van der Waals surface area contributed by atoms with Gasteiger partial charge in [0.15, 0.2) is 11.5 Å². The smallest absolute Gasteiger partial charge is 0.277 e. The van der Waals surface area contributed by atoms with Gasteiger partial charge in [-0.3, -0.25) is 4.79 Å². The molecule has 0 bridgehead atoms. The van der Waals surface area contributed by atoms with Crippen molar-refractivity contribution in [1.82, 2.24) is 15.5 Å². The molecule has 0 aliphatic carbocycles. The summed E-state index contributed by atoms with van der Waals surface area (Å²) in [6.45, 7) is 5.17. The van der Waals surface area contributed by atoms with Crippen LogP contribution in [0.25, 0.3) is 11.5 Å². The molecule has 1 aromatic carbocycles. The van der Waals surface area contributed by atoms with Crippen LogP contribution in [0, 0.1) is 0 Å². The minimum Gasteiger partial charge on any atom is -0.493 e. The van der Waals surface area contributed by atoms with Gasteiger partial charge in [0.05, 0.1) is 26.1 Å². The lowest BCUT2D eigenvalue weighted by Crippen LogP contribution is -2.27. The Labute approximate surface area is 163 Å². The number of hydrogen-bond donors (Lipinski definition) is 1. The van der Waals surface area contributed by atoms with Crippen molar-refractivity contribution in [3.63, 3.8) is 0 Å². The number of nitrogens with one attached hydrogen (secondary N) is 1. The lowest BCUT2D eigenvalue weighted by Gasteiger charge is -2.07. The number of amides is 1. The molecule has 1 amide bonds. The van der Waals surface area contributed by atoms with Gasteiger partial charge in [0, 0.05) is 18.7 Å². The second-order valence-corrected chi connectivity index (χ2v) is 6.78. The van der Waals surface area contributed by atoms with Gasteiger partial charge in [0.2, 0.25) is 11.8 Å². The second kappa shape index (κ2) is 10.8. The highest BCUT2D eigenvalue weighted by Gasteiger charge is 2.13. The van der Waals surface area contributed by atoms with Crippen LogP contribution in [-0.2, 0) is 9.53 Å². The summed E-state index contributed by atoms with van der Waals surface area (Å²) >= 11 is 1.19. The van der Waals surface area contributed by atoms with Crippen LogP contribution in [0.1, 0.15) is 20.3 Å². The van der Waals surface area contributed by atoms with Gasteiger partial charge in [-0.05, 0) is 38.5 Å². The first-order valence-corrected chi connectivity index (χ1v) is 9.59. The largest absolute Gasteiger partial charge is 0.493 e. The van der Waals surface area contributed by atoms with Crippen molar-refractivity contribution < 1.29 is 23.4 Å². The molecule has 0 saturated carbocycles. The summed E-state index contributed by atoms with van der Waals surface area (Å²) in [5.41, 5.74) is 0.710. The molecule has 1 N–H and O–H groups in total. The molecule has 8 nitrogen and oxygen atoms in total. The summed E-state index contributed by atoms with van der Waals surface area (Å²) in [6.07, 6.45) is 0.979. The normalized spacial score (nSPS) is 10.9. The summed E-state index contributed by atoms with van der Waals surface area (Å²) in [5.74, 6) is 1.66. The molecule has 0 atom stereocenters. The number of thioether (sulfide) groups is 1. The van der Waals surface area contributed by atoms with Crippen LogP contribution < -0.4 is 14.8 Å². The van der Waals surface area contributed by atoms with Crippen molar-refractivity contribution in [3.05, 3.63) is 18.2 Å². The maximum absolute atomic E-state index is 11.9. The van der Waals surface area contributed by atoms with Gasteiger partial charge in [-0.25, -0.2) is 0 Å². The lowest BCUT2D eigenvalue weighted by atomic mass is 10.2. The van der Waals surface area contributed by atoms with Crippen molar-refractivity contribution in [3.8, 4) is 23.0 Å². The van der Waals surface area contributed by atoms with E-state index in [-0.39, 0.29) is 17.8 Å². The Kier molecular flexibility index (Phi) is 8.41. The fraction of sp³-hybridized carbons (Fsp3) is 0.500. The number of benzene rings is 1. The fourth-order valence-electron chi connectivity index (χ4n) is 2.15. The molecule has 148 valence electrons. The maximum atomic E-state index is 11.9. The van der Waals surface area contributed by atoms with Gasteiger partial charge in [0.1, 0.15) is 0 Å². The van der Waals surface area contributed by atoms with Gasteiger partial charge in [-0.2, -0.15) is 0 Å². The van der Waals surface area contributed by atoms with E-state index in [1.165, 1.54) is 11.8 Å². The molecule has 2 rings (SSSR count). The van der Waals surface area contributed by atoms with Crippen molar-refractivity contribution in [1.29, 1.82) is 0 Å². The van der Waals surface area contributed by atoms with Crippen LogP contribution in [0.15, 0.2) is 27.8 Å². The molecule has 0 aliphatic heterocycles. The predicted molar refractivity (Wildman–Crippen MR) is 102 cm³/mol. The average Bonchev–Trinajstić information content (AvgIpc) is 3.14. The zero-order valence-corrected chi connectivity index (χ0v) is 16.8. The van der Waals surface area contributed by atoms with Crippen LogP contribution in [-0.4, -0.2) is 55.3 Å². The maximum Gasteiger partial charge on any atom is 0.277 e. The van der Waals surface area contributed by atoms with Crippen LogP contribution in [0.2, 0.25) is 0 Å². The molecule has 27 heavy (non-hydrogen) atoms. The average molecular weight is 395 g/mol. The van der Waals surface area contributed by atoms with E-state index in [0.29, 0.717) is 41.3 Å². The predicted octanol–water partition coefficient (Wildman–Crippen LogP) is 2.78. The molecule has 1 heterocycles. The third kappa shape index (κ3) is 6.76. The van der Waals surface area contributed by atoms with E-state index in [0.717, 1.165) is 6.42 Å². The van der Waals surface area contributed by atoms with E-state index in [9.17, 15) is 4.79 Å². The van der Waals surface area contributed by atoms with E-state index < -0.39 is 0 Å².